The van der Waals surface area contributed by atoms with Crippen molar-refractivity contribution in [2.75, 3.05) is 17.1 Å². The Morgan fingerprint density at radius 3 is 2.65 bits per heavy atom. The van der Waals surface area contributed by atoms with Crippen LogP contribution in [0.2, 0.25) is 5.02 Å². The van der Waals surface area contributed by atoms with Crippen LogP contribution < -0.4 is 10.0 Å². The summed E-state index contributed by atoms with van der Waals surface area (Å²) in [6.45, 7) is 0. The van der Waals surface area contributed by atoms with E-state index in [-0.39, 0.29) is 15.6 Å². The predicted octanol–water partition coefficient (Wildman–Crippen LogP) is 2.72. The Labute approximate surface area is 120 Å². The minimum absolute atomic E-state index is 0.0113. The molecule has 0 aliphatic rings. The lowest BCUT2D eigenvalue weighted by Crippen LogP contribution is -2.13. The van der Waals surface area contributed by atoms with E-state index in [0.717, 1.165) is 12.1 Å². The zero-order valence-electron chi connectivity index (χ0n) is 10.4. The molecule has 2 rings (SSSR count). The van der Waals surface area contributed by atoms with E-state index in [0.29, 0.717) is 5.82 Å². The molecule has 106 valence electrons. The molecule has 0 aliphatic carbocycles. The molecule has 1 heterocycles. The van der Waals surface area contributed by atoms with Gasteiger partial charge >= 0.3 is 0 Å². The first-order valence-corrected chi connectivity index (χ1v) is 7.39. The van der Waals surface area contributed by atoms with Crippen LogP contribution in [0.4, 0.5) is 15.9 Å². The third-order valence-corrected chi connectivity index (χ3v) is 4.01. The number of sulfonamides is 1. The highest BCUT2D eigenvalue weighted by Gasteiger charge is 2.15. The minimum Gasteiger partial charge on any atom is -0.373 e. The molecule has 1 aromatic heterocycles. The maximum absolute atomic E-state index is 13.2. The van der Waals surface area contributed by atoms with Gasteiger partial charge in [-0.05, 0) is 24.3 Å². The van der Waals surface area contributed by atoms with E-state index < -0.39 is 15.8 Å². The van der Waals surface area contributed by atoms with Crippen molar-refractivity contribution in [2.24, 2.45) is 0 Å². The smallest absolute Gasteiger partial charge is 0.262 e. The average Bonchev–Trinajstić information content (AvgIpc) is 2.37. The topological polar surface area (TPSA) is 71.1 Å². The number of aromatic nitrogens is 1. The zero-order valence-corrected chi connectivity index (χ0v) is 12.0. The Kier molecular flexibility index (Phi) is 4.10. The van der Waals surface area contributed by atoms with E-state index in [4.69, 9.17) is 11.6 Å². The van der Waals surface area contributed by atoms with Gasteiger partial charge in [0.1, 0.15) is 11.6 Å². The van der Waals surface area contributed by atoms with Crippen LogP contribution in [0.15, 0.2) is 41.4 Å². The second-order valence-electron chi connectivity index (χ2n) is 3.89. The Morgan fingerprint density at radius 2 is 2.00 bits per heavy atom. The van der Waals surface area contributed by atoms with Gasteiger partial charge < -0.3 is 5.32 Å². The van der Waals surface area contributed by atoms with Gasteiger partial charge in [0, 0.05) is 24.3 Å². The maximum atomic E-state index is 13.2. The van der Waals surface area contributed by atoms with Crippen molar-refractivity contribution in [1.29, 1.82) is 0 Å². The van der Waals surface area contributed by atoms with E-state index in [2.05, 4.69) is 15.0 Å². The number of rotatable bonds is 4. The fourth-order valence-corrected chi connectivity index (χ4v) is 2.82. The number of nitrogens with zero attached hydrogens (tertiary/aromatic N) is 1. The Bertz CT molecular complexity index is 717. The molecule has 0 amide bonds. The summed E-state index contributed by atoms with van der Waals surface area (Å²) in [5.74, 6) is -0.217. The second kappa shape index (κ2) is 5.64. The fraction of sp³-hybridized carbons (Fsp3) is 0.0833. The first kappa shape index (κ1) is 14.5. The summed E-state index contributed by atoms with van der Waals surface area (Å²) in [5.41, 5.74) is 0.0535. The van der Waals surface area contributed by atoms with Crippen LogP contribution in [0.3, 0.4) is 0 Å². The zero-order chi connectivity index (χ0) is 14.8. The Balaban J connectivity index is 2.35. The Hall–Kier alpha value is -1.86. The van der Waals surface area contributed by atoms with Crippen LogP contribution in [0.25, 0.3) is 0 Å². The SMILES string of the molecule is CNc1cc(S(=O)(=O)Nc2cc(F)cc(Cl)c2)ccn1. The van der Waals surface area contributed by atoms with Gasteiger partial charge in [0.15, 0.2) is 0 Å². The number of halogens is 2. The van der Waals surface area contributed by atoms with Gasteiger partial charge in [0.2, 0.25) is 0 Å². The van der Waals surface area contributed by atoms with Crippen molar-refractivity contribution in [3.8, 4) is 0 Å². The number of benzene rings is 1. The molecule has 8 heteroatoms. The van der Waals surface area contributed by atoms with E-state index in [1.54, 1.807) is 7.05 Å². The van der Waals surface area contributed by atoms with Crippen LogP contribution in [0.1, 0.15) is 0 Å². The Morgan fingerprint density at radius 1 is 1.25 bits per heavy atom. The first-order valence-electron chi connectivity index (χ1n) is 5.53. The molecule has 0 spiro atoms. The van der Waals surface area contributed by atoms with Gasteiger partial charge in [-0.2, -0.15) is 0 Å². The van der Waals surface area contributed by atoms with Gasteiger partial charge in [0.05, 0.1) is 10.6 Å². The van der Waals surface area contributed by atoms with Crippen molar-refractivity contribution in [3.05, 3.63) is 47.4 Å². The lowest BCUT2D eigenvalue weighted by molar-refractivity contribution is 0.601. The van der Waals surface area contributed by atoms with Crippen LogP contribution in [0.5, 0.6) is 0 Å². The van der Waals surface area contributed by atoms with Crippen LogP contribution in [-0.4, -0.2) is 20.4 Å². The molecule has 0 aliphatic heterocycles. The van der Waals surface area contributed by atoms with Crippen molar-refractivity contribution in [3.63, 3.8) is 0 Å². The lowest BCUT2D eigenvalue weighted by Gasteiger charge is -2.09. The molecule has 5 nitrogen and oxygen atoms in total. The van der Waals surface area contributed by atoms with Crippen molar-refractivity contribution in [1.82, 2.24) is 4.98 Å². The lowest BCUT2D eigenvalue weighted by atomic mass is 10.3. The highest BCUT2D eigenvalue weighted by Crippen LogP contribution is 2.22. The summed E-state index contributed by atoms with van der Waals surface area (Å²) in [6, 6.07) is 6.16. The monoisotopic (exact) mass is 315 g/mol. The van der Waals surface area contributed by atoms with E-state index in [1.165, 1.54) is 24.4 Å². The second-order valence-corrected chi connectivity index (χ2v) is 6.01. The van der Waals surface area contributed by atoms with Gasteiger partial charge in [-0.1, -0.05) is 11.6 Å². The molecular weight excluding hydrogens is 305 g/mol. The molecule has 0 bridgehead atoms. The van der Waals surface area contributed by atoms with Crippen molar-refractivity contribution in [2.45, 2.75) is 4.90 Å². The van der Waals surface area contributed by atoms with Crippen LogP contribution >= 0.6 is 11.6 Å². The number of hydrogen-bond acceptors (Lipinski definition) is 4. The fourth-order valence-electron chi connectivity index (χ4n) is 1.54. The van der Waals surface area contributed by atoms with Crippen LogP contribution in [0, 0.1) is 5.82 Å². The third-order valence-electron chi connectivity index (χ3n) is 2.41. The summed E-state index contributed by atoms with van der Waals surface area (Å²) in [4.78, 5) is 3.93. The molecule has 0 saturated carbocycles. The molecule has 0 unspecified atom stereocenters. The quantitative estimate of drug-likeness (QED) is 0.910. The maximum Gasteiger partial charge on any atom is 0.262 e. The molecule has 0 radical (unpaired) electrons. The highest BCUT2D eigenvalue weighted by atomic mass is 35.5. The molecule has 2 N–H and O–H groups in total. The normalized spacial score (nSPS) is 11.2. The van der Waals surface area contributed by atoms with Crippen molar-refractivity contribution < 1.29 is 12.8 Å². The number of nitrogens with one attached hydrogen (secondary N) is 2. The minimum atomic E-state index is -3.83. The molecule has 1 aromatic carbocycles. The number of anilines is 2. The summed E-state index contributed by atoms with van der Waals surface area (Å²) >= 11 is 5.68. The van der Waals surface area contributed by atoms with Crippen LogP contribution in [-0.2, 0) is 10.0 Å². The van der Waals surface area contributed by atoms with Gasteiger partial charge in [-0.25, -0.2) is 17.8 Å². The standard InChI is InChI=1S/C12H11ClFN3O2S/c1-15-12-7-11(2-3-16-12)20(18,19)17-10-5-8(13)4-9(14)6-10/h2-7,17H,1H3,(H,15,16). The average molecular weight is 316 g/mol. The van der Waals surface area contributed by atoms with E-state index in [1.807, 2.05) is 0 Å². The van der Waals surface area contributed by atoms with Gasteiger partial charge in [0.25, 0.3) is 10.0 Å². The summed E-state index contributed by atoms with van der Waals surface area (Å²) < 4.78 is 39.8. The summed E-state index contributed by atoms with van der Waals surface area (Å²) in [5, 5.41) is 2.84. The first-order chi connectivity index (χ1) is 9.40. The molecular formula is C12H11ClFN3O2S. The van der Waals surface area contributed by atoms with E-state index >= 15 is 0 Å². The molecule has 0 fully saturated rings. The third kappa shape index (κ3) is 3.37. The van der Waals surface area contributed by atoms with Gasteiger partial charge in [-0.15, -0.1) is 0 Å². The summed E-state index contributed by atoms with van der Waals surface area (Å²) in [6.07, 6.45) is 1.36. The predicted molar refractivity (Wildman–Crippen MR) is 76.0 cm³/mol. The number of hydrogen-bond donors (Lipinski definition) is 2. The van der Waals surface area contributed by atoms with E-state index in [9.17, 15) is 12.8 Å². The number of pyridine rings is 1. The van der Waals surface area contributed by atoms with Crippen molar-refractivity contribution >= 4 is 33.1 Å². The molecule has 2 aromatic rings. The molecule has 0 saturated heterocycles. The molecule has 0 atom stereocenters. The summed E-state index contributed by atoms with van der Waals surface area (Å²) in [7, 11) is -2.21. The van der Waals surface area contributed by atoms with Gasteiger partial charge in [-0.3, -0.25) is 4.72 Å². The molecule has 20 heavy (non-hydrogen) atoms. The largest absolute Gasteiger partial charge is 0.373 e. The highest BCUT2D eigenvalue weighted by molar-refractivity contribution is 7.92.